The summed E-state index contributed by atoms with van der Waals surface area (Å²) >= 11 is 2.02. The van der Waals surface area contributed by atoms with Crippen LogP contribution in [0.2, 0.25) is 0 Å². The Balaban J connectivity index is 1.76. The van der Waals surface area contributed by atoms with E-state index in [2.05, 4.69) is 17.1 Å². The molecule has 0 spiro atoms. The van der Waals surface area contributed by atoms with Crippen molar-refractivity contribution >= 4 is 17.6 Å². The molecule has 0 amide bonds. The molecular weight excluding hydrogens is 274 g/mol. The van der Waals surface area contributed by atoms with Gasteiger partial charge < -0.3 is 15.7 Å². The van der Waals surface area contributed by atoms with Crippen molar-refractivity contribution in [3.05, 3.63) is 29.8 Å². The van der Waals surface area contributed by atoms with E-state index in [1.54, 1.807) is 12.1 Å². The topological polar surface area (TPSA) is 71.1 Å². The van der Waals surface area contributed by atoms with Crippen LogP contribution in [0.5, 0.6) is 5.75 Å². The van der Waals surface area contributed by atoms with Crippen LogP contribution in [0.25, 0.3) is 0 Å². The van der Waals surface area contributed by atoms with Gasteiger partial charge in [-0.05, 0) is 43.5 Å². The zero-order valence-electron chi connectivity index (χ0n) is 11.7. The Morgan fingerprint density at radius 3 is 2.85 bits per heavy atom. The van der Waals surface area contributed by atoms with Crippen molar-refractivity contribution in [1.82, 2.24) is 4.90 Å². The fraction of sp³-hybridized carbons (Fsp3) is 0.500. The van der Waals surface area contributed by atoms with Gasteiger partial charge in [-0.1, -0.05) is 5.16 Å². The van der Waals surface area contributed by atoms with Gasteiger partial charge in [0.05, 0.1) is 0 Å². The summed E-state index contributed by atoms with van der Waals surface area (Å²) in [5, 5.41) is 11.6. The average Bonchev–Trinajstić information content (AvgIpc) is 3.01. The molecule has 1 aromatic rings. The number of hydrogen-bond acceptors (Lipinski definition) is 5. The van der Waals surface area contributed by atoms with E-state index in [9.17, 15) is 0 Å². The predicted octanol–water partition coefficient (Wildman–Crippen LogP) is 1.60. The van der Waals surface area contributed by atoms with E-state index in [0.717, 1.165) is 12.3 Å². The summed E-state index contributed by atoms with van der Waals surface area (Å²) in [5.74, 6) is 3.40. The number of likely N-dealkylation sites (N-methyl/N-ethyl adjacent to an activating group) is 1. The predicted molar refractivity (Wildman–Crippen MR) is 82.8 cm³/mol. The summed E-state index contributed by atoms with van der Waals surface area (Å²) in [7, 11) is 2.15. The summed E-state index contributed by atoms with van der Waals surface area (Å²) in [6.07, 6.45) is 1.27. The second-order valence-electron chi connectivity index (χ2n) is 4.86. The molecule has 1 heterocycles. The Morgan fingerprint density at radius 2 is 2.25 bits per heavy atom. The minimum atomic E-state index is 0.106. The number of oxime groups is 1. The van der Waals surface area contributed by atoms with Crippen LogP contribution in [0.15, 0.2) is 29.4 Å². The van der Waals surface area contributed by atoms with Gasteiger partial charge in [-0.25, -0.2) is 0 Å². The third-order valence-electron chi connectivity index (χ3n) is 3.50. The van der Waals surface area contributed by atoms with E-state index in [-0.39, 0.29) is 5.84 Å². The minimum Gasteiger partial charge on any atom is -0.492 e. The normalized spacial score (nSPS) is 19.5. The molecule has 110 valence electrons. The smallest absolute Gasteiger partial charge is 0.170 e. The number of benzene rings is 1. The highest BCUT2D eigenvalue weighted by Crippen LogP contribution is 2.21. The molecule has 1 fully saturated rings. The second kappa shape index (κ2) is 7.40. The summed E-state index contributed by atoms with van der Waals surface area (Å²) in [5.41, 5.74) is 6.19. The van der Waals surface area contributed by atoms with Crippen LogP contribution in [-0.4, -0.2) is 53.7 Å². The number of thioether (sulfide) groups is 1. The zero-order chi connectivity index (χ0) is 14.4. The van der Waals surface area contributed by atoms with E-state index < -0.39 is 0 Å². The second-order valence-corrected chi connectivity index (χ2v) is 6.01. The minimum absolute atomic E-state index is 0.106. The lowest BCUT2D eigenvalue weighted by molar-refractivity contribution is 0.202. The number of hydrogen-bond donors (Lipinski definition) is 2. The van der Waals surface area contributed by atoms with Gasteiger partial charge in [0, 0.05) is 23.9 Å². The number of nitrogens with zero attached hydrogens (tertiary/aromatic N) is 2. The first-order valence-electron chi connectivity index (χ1n) is 6.69. The van der Waals surface area contributed by atoms with Gasteiger partial charge in [0.25, 0.3) is 0 Å². The van der Waals surface area contributed by atoms with Gasteiger partial charge in [0.2, 0.25) is 0 Å². The maximum absolute atomic E-state index is 8.59. The number of ether oxygens (including phenoxy) is 1. The van der Waals surface area contributed by atoms with Crippen LogP contribution in [0.4, 0.5) is 0 Å². The highest BCUT2D eigenvalue weighted by atomic mass is 32.2. The molecule has 1 saturated heterocycles. The monoisotopic (exact) mass is 295 g/mol. The van der Waals surface area contributed by atoms with Gasteiger partial charge in [-0.2, -0.15) is 11.8 Å². The van der Waals surface area contributed by atoms with Crippen LogP contribution < -0.4 is 10.5 Å². The van der Waals surface area contributed by atoms with Crippen molar-refractivity contribution in [3.63, 3.8) is 0 Å². The van der Waals surface area contributed by atoms with Gasteiger partial charge in [-0.3, -0.25) is 4.90 Å². The third-order valence-corrected chi connectivity index (χ3v) is 4.64. The summed E-state index contributed by atoms with van der Waals surface area (Å²) in [6.45, 7) is 1.59. The largest absolute Gasteiger partial charge is 0.492 e. The first-order valence-corrected chi connectivity index (χ1v) is 7.85. The van der Waals surface area contributed by atoms with Crippen molar-refractivity contribution in [3.8, 4) is 5.75 Å². The Hall–Kier alpha value is -1.40. The summed E-state index contributed by atoms with van der Waals surface area (Å²) in [4.78, 5) is 2.37. The van der Waals surface area contributed by atoms with Gasteiger partial charge in [-0.15, -0.1) is 0 Å². The lowest BCUT2D eigenvalue weighted by Gasteiger charge is -2.23. The summed E-state index contributed by atoms with van der Waals surface area (Å²) < 4.78 is 5.71. The van der Waals surface area contributed by atoms with E-state index in [4.69, 9.17) is 15.7 Å². The lowest BCUT2D eigenvalue weighted by atomic mass is 10.2. The van der Waals surface area contributed by atoms with Crippen LogP contribution in [0, 0.1) is 0 Å². The fourth-order valence-corrected chi connectivity index (χ4v) is 3.44. The Labute approximate surface area is 123 Å². The maximum atomic E-state index is 8.59. The van der Waals surface area contributed by atoms with Crippen LogP contribution >= 0.6 is 11.8 Å². The van der Waals surface area contributed by atoms with Crippen LogP contribution in [0.1, 0.15) is 12.0 Å². The maximum Gasteiger partial charge on any atom is 0.170 e. The van der Waals surface area contributed by atoms with Crippen molar-refractivity contribution in [2.75, 3.05) is 31.7 Å². The van der Waals surface area contributed by atoms with E-state index >= 15 is 0 Å². The van der Waals surface area contributed by atoms with Gasteiger partial charge in [0.1, 0.15) is 12.4 Å². The highest BCUT2D eigenvalue weighted by molar-refractivity contribution is 7.99. The van der Waals surface area contributed by atoms with Crippen molar-refractivity contribution in [2.24, 2.45) is 10.9 Å². The molecule has 1 aliphatic heterocycles. The van der Waals surface area contributed by atoms with Crippen LogP contribution in [0.3, 0.4) is 0 Å². The molecule has 0 aliphatic carbocycles. The molecular formula is C14H21N3O2S. The molecule has 2 rings (SSSR count). The molecule has 1 aromatic carbocycles. The fourth-order valence-electron chi connectivity index (χ4n) is 2.14. The molecule has 0 bridgehead atoms. The molecule has 20 heavy (non-hydrogen) atoms. The average molecular weight is 295 g/mol. The van der Waals surface area contributed by atoms with Crippen molar-refractivity contribution in [1.29, 1.82) is 0 Å². The molecule has 0 radical (unpaired) electrons. The standard InChI is InChI=1S/C14H21N3O2S/c1-17(12-6-9-20-10-12)7-8-19-13-4-2-11(3-5-13)14(15)16-18/h2-5,12,18H,6-10H2,1H3,(H2,15,16). The quantitative estimate of drug-likeness (QED) is 0.361. The van der Waals surface area contributed by atoms with E-state index in [0.29, 0.717) is 18.2 Å². The van der Waals surface area contributed by atoms with Crippen molar-refractivity contribution < 1.29 is 9.94 Å². The van der Waals surface area contributed by atoms with Crippen LogP contribution in [-0.2, 0) is 0 Å². The third kappa shape index (κ3) is 4.05. The first kappa shape index (κ1) is 15.0. The Morgan fingerprint density at radius 1 is 1.50 bits per heavy atom. The number of nitrogens with two attached hydrogens (primary N) is 1. The van der Waals surface area contributed by atoms with E-state index in [1.807, 2.05) is 23.9 Å². The van der Waals surface area contributed by atoms with Gasteiger partial charge >= 0.3 is 0 Å². The molecule has 0 saturated carbocycles. The SMILES string of the molecule is CN(CCOc1ccc(C(N)=NO)cc1)C1CCSC1. The number of rotatable bonds is 6. The van der Waals surface area contributed by atoms with Crippen molar-refractivity contribution in [2.45, 2.75) is 12.5 Å². The van der Waals surface area contributed by atoms with E-state index in [1.165, 1.54) is 17.9 Å². The Kier molecular flexibility index (Phi) is 5.55. The molecule has 3 N–H and O–H groups in total. The molecule has 1 aliphatic rings. The Bertz CT molecular complexity index is 444. The highest BCUT2D eigenvalue weighted by Gasteiger charge is 2.19. The summed E-state index contributed by atoms with van der Waals surface area (Å²) in [6, 6.07) is 7.91. The zero-order valence-corrected chi connectivity index (χ0v) is 12.5. The molecule has 6 heteroatoms. The lowest BCUT2D eigenvalue weighted by Crippen LogP contribution is -2.34. The molecule has 5 nitrogen and oxygen atoms in total. The molecule has 1 atom stereocenters. The molecule has 1 unspecified atom stereocenters. The number of amidine groups is 1. The molecule has 0 aromatic heterocycles. The van der Waals surface area contributed by atoms with Gasteiger partial charge in [0.15, 0.2) is 5.84 Å². The first-order chi connectivity index (χ1) is 9.70.